The van der Waals surface area contributed by atoms with Gasteiger partial charge in [0.1, 0.15) is 11.4 Å². The van der Waals surface area contributed by atoms with E-state index in [1.54, 1.807) is 0 Å². The minimum atomic E-state index is -4.89. The summed E-state index contributed by atoms with van der Waals surface area (Å²) in [6.45, 7) is -2.97. The van der Waals surface area contributed by atoms with Gasteiger partial charge in [-0.2, -0.15) is 22.0 Å². The van der Waals surface area contributed by atoms with Crippen molar-refractivity contribution < 1.29 is 31.4 Å². The number of nitrogens with zero attached hydrogens (tertiary/aromatic N) is 2. The molecule has 30 heavy (non-hydrogen) atoms. The molecule has 3 rings (SSSR count). The van der Waals surface area contributed by atoms with Crippen LogP contribution in [0.5, 0.6) is 5.75 Å². The number of aromatic amines is 1. The van der Waals surface area contributed by atoms with E-state index in [-0.39, 0.29) is 40.6 Å². The molecule has 0 saturated carbocycles. The Bertz CT molecular complexity index is 1190. The number of hydrogen-bond acceptors (Lipinski definition) is 5. The molecule has 1 aromatic carbocycles. The molecule has 160 valence electrons. The molecule has 0 radical (unpaired) electrons. The van der Waals surface area contributed by atoms with Gasteiger partial charge in [-0.05, 0) is 30.4 Å². The summed E-state index contributed by atoms with van der Waals surface area (Å²) in [4.78, 5) is 18.7. The van der Waals surface area contributed by atoms with E-state index >= 15 is 0 Å². The van der Waals surface area contributed by atoms with Crippen LogP contribution < -0.4 is 10.3 Å². The zero-order valence-electron chi connectivity index (χ0n) is 15.3. The van der Waals surface area contributed by atoms with Gasteiger partial charge in [0.15, 0.2) is 4.77 Å². The minimum Gasteiger partial charge on any atom is -0.435 e. The van der Waals surface area contributed by atoms with E-state index in [9.17, 15) is 26.7 Å². The van der Waals surface area contributed by atoms with Gasteiger partial charge >= 0.3 is 12.8 Å². The normalized spacial score (nSPS) is 12.0. The molecule has 0 aliphatic carbocycles. The number of ether oxygens (including phenoxy) is 2. The molecule has 1 N–H and O–H groups in total. The Kier molecular flexibility index (Phi) is 6.17. The molecule has 0 atom stereocenters. The summed E-state index contributed by atoms with van der Waals surface area (Å²) in [6.07, 6.45) is -4.89. The number of aromatic nitrogens is 3. The van der Waals surface area contributed by atoms with Gasteiger partial charge in [-0.3, -0.25) is 9.78 Å². The summed E-state index contributed by atoms with van der Waals surface area (Å²) in [7, 11) is 1.39. The smallest absolute Gasteiger partial charge is 0.417 e. The van der Waals surface area contributed by atoms with Gasteiger partial charge in [0, 0.05) is 12.7 Å². The average molecular weight is 447 g/mol. The summed E-state index contributed by atoms with van der Waals surface area (Å²) >= 11 is 5.07. The standard InChI is InChI=1S/C18H14F5N3O3S/c1-28-6-5-26-14-13(15(27)25-17(26)30)11(18(21,22)23)8-12(24-14)9-3-2-4-10(7-9)29-16(19)20/h2-4,7-8,16H,5-6H2,1H3,(H,25,27,30). The summed E-state index contributed by atoms with van der Waals surface area (Å²) < 4.78 is 76.6. The first-order chi connectivity index (χ1) is 14.1. The number of rotatable bonds is 6. The van der Waals surface area contributed by atoms with Crippen molar-refractivity contribution in [3.8, 4) is 17.0 Å². The van der Waals surface area contributed by atoms with Crippen LogP contribution in [0, 0.1) is 4.77 Å². The monoisotopic (exact) mass is 447 g/mol. The predicted molar refractivity (Wildman–Crippen MR) is 100 cm³/mol. The largest absolute Gasteiger partial charge is 0.435 e. The van der Waals surface area contributed by atoms with Gasteiger partial charge in [-0.1, -0.05) is 12.1 Å². The number of pyridine rings is 1. The van der Waals surface area contributed by atoms with Gasteiger partial charge in [-0.25, -0.2) is 4.98 Å². The van der Waals surface area contributed by atoms with Crippen LogP contribution in [0.1, 0.15) is 5.56 Å². The van der Waals surface area contributed by atoms with Crippen LogP contribution in [0.3, 0.4) is 0 Å². The Balaban J connectivity index is 2.34. The Morgan fingerprint density at radius 3 is 2.63 bits per heavy atom. The molecular weight excluding hydrogens is 433 g/mol. The van der Waals surface area contributed by atoms with Crippen LogP contribution in [-0.4, -0.2) is 34.9 Å². The number of fused-ring (bicyclic) bond motifs is 1. The lowest BCUT2D eigenvalue weighted by Crippen LogP contribution is -2.21. The number of benzene rings is 1. The highest BCUT2D eigenvalue weighted by Gasteiger charge is 2.35. The molecule has 12 heteroatoms. The molecule has 0 fully saturated rings. The topological polar surface area (TPSA) is 69.1 Å². The summed E-state index contributed by atoms with van der Waals surface area (Å²) in [5.41, 5.74) is -2.67. The second-order valence-electron chi connectivity index (χ2n) is 6.06. The highest BCUT2D eigenvalue weighted by atomic mass is 32.1. The number of halogens is 5. The maximum atomic E-state index is 13.8. The molecule has 0 saturated heterocycles. The van der Waals surface area contributed by atoms with E-state index in [4.69, 9.17) is 17.0 Å². The van der Waals surface area contributed by atoms with Crippen molar-refractivity contribution in [2.45, 2.75) is 19.3 Å². The Hall–Kier alpha value is -2.86. The van der Waals surface area contributed by atoms with E-state index in [1.165, 1.54) is 29.9 Å². The van der Waals surface area contributed by atoms with E-state index < -0.39 is 29.3 Å². The van der Waals surface area contributed by atoms with Gasteiger partial charge in [0.25, 0.3) is 5.56 Å². The molecule has 0 amide bonds. The van der Waals surface area contributed by atoms with E-state index in [0.29, 0.717) is 6.07 Å². The molecule has 3 aromatic rings. The third kappa shape index (κ3) is 4.49. The van der Waals surface area contributed by atoms with Crippen molar-refractivity contribution in [3.63, 3.8) is 0 Å². The molecule has 6 nitrogen and oxygen atoms in total. The molecule has 2 heterocycles. The van der Waals surface area contributed by atoms with Gasteiger partial charge in [0.2, 0.25) is 0 Å². The van der Waals surface area contributed by atoms with Gasteiger partial charge < -0.3 is 14.0 Å². The van der Waals surface area contributed by atoms with Gasteiger partial charge in [0.05, 0.1) is 29.8 Å². The lowest BCUT2D eigenvalue weighted by molar-refractivity contribution is -0.136. The van der Waals surface area contributed by atoms with E-state index in [0.717, 1.165) is 6.07 Å². The zero-order chi connectivity index (χ0) is 22.1. The number of hydrogen-bond donors (Lipinski definition) is 1. The third-order valence-corrected chi connectivity index (χ3v) is 4.45. The van der Waals surface area contributed by atoms with Crippen LogP contribution >= 0.6 is 12.2 Å². The minimum absolute atomic E-state index is 0.0326. The van der Waals surface area contributed by atoms with Crippen LogP contribution in [0.25, 0.3) is 22.3 Å². The Morgan fingerprint density at radius 1 is 1.27 bits per heavy atom. The second-order valence-corrected chi connectivity index (χ2v) is 6.45. The summed E-state index contributed by atoms with van der Waals surface area (Å²) in [6, 6.07) is 5.76. The van der Waals surface area contributed by atoms with Crippen molar-refractivity contribution in [1.29, 1.82) is 0 Å². The van der Waals surface area contributed by atoms with Crippen molar-refractivity contribution in [1.82, 2.24) is 14.5 Å². The Labute approximate surface area is 170 Å². The number of nitrogens with one attached hydrogen (secondary N) is 1. The van der Waals surface area contributed by atoms with Crippen molar-refractivity contribution in [2.24, 2.45) is 0 Å². The fraction of sp³-hybridized carbons (Fsp3) is 0.278. The van der Waals surface area contributed by atoms with E-state index in [1.807, 2.05) is 0 Å². The lowest BCUT2D eigenvalue weighted by atomic mass is 10.1. The fourth-order valence-electron chi connectivity index (χ4n) is 2.87. The SMILES string of the molecule is COCCn1c(=S)[nH]c(=O)c2c(C(F)(F)F)cc(-c3cccc(OC(F)F)c3)nc21. The van der Waals surface area contributed by atoms with Crippen molar-refractivity contribution in [2.75, 3.05) is 13.7 Å². The second kappa shape index (κ2) is 8.48. The van der Waals surface area contributed by atoms with E-state index in [2.05, 4.69) is 14.7 Å². The van der Waals surface area contributed by atoms with Crippen LogP contribution in [0.2, 0.25) is 0 Å². The van der Waals surface area contributed by atoms with Crippen molar-refractivity contribution in [3.05, 3.63) is 51.0 Å². The first-order valence-electron chi connectivity index (χ1n) is 8.41. The van der Waals surface area contributed by atoms with Crippen molar-refractivity contribution >= 4 is 23.3 Å². The molecular formula is C18H14F5N3O3S. The first-order valence-corrected chi connectivity index (χ1v) is 8.82. The highest BCUT2D eigenvalue weighted by Crippen LogP contribution is 2.36. The third-order valence-electron chi connectivity index (χ3n) is 4.13. The molecule has 0 aliphatic rings. The quantitative estimate of drug-likeness (QED) is 0.449. The van der Waals surface area contributed by atoms with Crippen LogP contribution in [-0.2, 0) is 17.5 Å². The highest BCUT2D eigenvalue weighted by molar-refractivity contribution is 7.71. The molecule has 2 aromatic heterocycles. The summed E-state index contributed by atoms with van der Waals surface area (Å²) in [5.74, 6) is -0.250. The molecule has 0 aliphatic heterocycles. The van der Waals surface area contributed by atoms with Crippen LogP contribution in [0.4, 0.5) is 22.0 Å². The fourth-order valence-corrected chi connectivity index (χ4v) is 3.14. The average Bonchev–Trinajstić information content (AvgIpc) is 2.66. The number of H-pyrrole nitrogens is 1. The predicted octanol–water partition coefficient (Wildman–Crippen LogP) is 4.39. The molecule has 0 bridgehead atoms. The molecule has 0 spiro atoms. The summed E-state index contributed by atoms with van der Waals surface area (Å²) in [5, 5.41) is -0.684. The van der Waals surface area contributed by atoms with Gasteiger partial charge in [-0.15, -0.1) is 0 Å². The number of alkyl halides is 5. The molecule has 0 unspecified atom stereocenters. The Morgan fingerprint density at radius 2 is 2.00 bits per heavy atom. The van der Waals surface area contributed by atoms with Crippen LogP contribution in [0.15, 0.2) is 35.1 Å². The maximum absolute atomic E-state index is 13.8. The maximum Gasteiger partial charge on any atom is 0.417 e. The zero-order valence-corrected chi connectivity index (χ0v) is 16.1. The number of methoxy groups -OCH3 is 1. The first kappa shape index (κ1) is 21.8. The lowest BCUT2D eigenvalue weighted by Gasteiger charge is -2.16.